The SMILES string of the molecule is CCNC(=NCC(C)(C)N1CCOCC1)NC1CCN(c2cccs2)CC1. The van der Waals surface area contributed by atoms with Gasteiger partial charge in [0.25, 0.3) is 0 Å². The van der Waals surface area contributed by atoms with Crippen molar-refractivity contribution in [2.45, 2.75) is 45.2 Å². The van der Waals surface area contributed by atoms with Crippen LogP contribution in [0.1, 0.15) is 33.6 Å². The topological polar surface area (TPSA) is 52.1 Å². The molecule has 2 N–H and O–H groups in total. The van der Waals surface area contributed by atoms with E-state index in [0.717, 1.165) is 71.3 Å². The lowest BCUT2D eigenvalue weighted by Gasteiger charge is -2.40. The second-order valence-electron chi connectivity index (χ2n) is 7.96. The highest BCUT2D eigenvalue weighted by molar-refractivity contribution is 7.14. The quantitative estimate of drug-likeness (QED) is 0.574. The largest absolute Gasteiger partial charge is 0.379 e. The van der Waals surface area contributed by atoms with Crippen LogP contribution >= 0.6 is 11.3 Å². The Hall–Kier alpha value is -1.31. The fourth-order valence-corrected chi connectivity index (χ4v) is 4.53. The summed E-state index contributed by atoms with van der Waals surface area (Å²) in [6.07, 6.45) is 2.30. The average Bonchev–Trinajstić information content (AvgIpc) is 3.22. The van der Waals surface area contributed by atoms with Crippen molar-refractivity contribution < 1.29 is 4.74 Å². The predicted molar refractivity (Wildman–Crippen MR) is 115 cm³/mol. The van der Waals surface area contributed by atoms with Crippen molar-refractivity contribution in [3.8, 4) is 0 Å². The number of guanidine groups is 1. The molecule has 3 rings (SSSR count). The maximum Gasteiger partial charge on any atom is 0.191 e. The number of ether oxygens (including phenoxy) is 1. The Morgan fingerprint density at radius 1 is 1.26 bits per heavy atom. The van der Waals surface area contributed by atoms with Gasteiger partial charge in [0.05, 0.1) is 24.8 Å². The molecule has 2 aliphatic rings. The molecule has 2 fully saturated rings. The summed E-state index contributed by atoms with van der Waals surface area (Å²) in [4.78, 5) is 9.91. The third-order valence-corrected chi connectivity index (χ3v) is 6.42. The van der Waals surface area contributed by atoms with E-state index in [1.54, 1.807) is 0 Å². The number of rotatable bonds is 6. The van der Waals surface area contributed by atoms with Gasteiger partial charge in [-0.05, 0) is 51.1 Å². The molecule has 0 aliphatic carbocycles. The van der Waals surface area contributed by atoms with Crippen LogP contribution in [0.2, 0.25) is 0 Å². The summed E-state index contributed by atoms with van der Waals surface area (Å²) in [5.41, 5.74) is 0.0503. The molecule has 2 saturated heterocycles. The van der Waals surface area contributed by atoms with Crippen LogP contribution in [0.15, 0.2) is 22.5 Å². The molecule has 7 heteroatoms. The third-order valence-electron chi connectivity index (χ3n) is 5.49. The van der Waals surface area contributed by atoms with Crippen molar-refractivity contribution in [2.75, 3.05) is 57.4 Å². The molecule has 152 valence electrons. The van der Waals surface area contributed by atoms with Crippen LogP contribution < -0.4 is 15.5 Å². The molecule has 2 aliphatic heterocycles. The molecular formula is C20H35N5OS. The first-order valence-electron chi connectivity index (χ1n) is 10.2. The summed E-state index contributed by atoms with van der Waals surface area (Å²) in [6.45, 7) is 14.2. The van der Waals surface area contributed by atoms with Gasteiger partial charge in [0.2, 0.25) is 0 Å². The van der Waals surface area contributed by atoms with Gasteiger partial charge in [-0.1, -0.05) is 0 Å². The van der Waals surface area contributed by atoms with Gasteiger partial charge >= 0.3 is 0 Å². The van der Waals surface area contributed by atoms with E-state index >= 15 is 0 Å². The van der Waals surface area contributed by atoms with Gasteiger partial charge in [0.1, 0.15) is 0 Å². The van der Waals surface area contributed by atoms with Gasteiger partial charge in [-0.2, -0.15) is 0 Å². The molecule has 3 heterocycles. The van der Waals surface area contributed by atoms with Crippen LogP contribution in [-0.2, 0) is 4.74 Å². The first-order chi connectivity index (χ1) is 13.1. The number of morpholine rings is 1. The molecule has 0 atom stereocenters. The van der Waals surface area contributed by atoms with E-state index in [4.69, 9.17) is 9.73 Å². The van der Waals surface area contributed by atoms with Crippen LogP contribution in [0, 0.1) is 0 Å². The third kappa shape index (κ3) is 5.83. The van der Waals surface area contributed by atoms with E-state index < -0.39 is 0 Å². The van der Waals surface area contributed by atoms with Gasteiger partial charge in [-0.3, -0.25) is 9.89 Å². The van der Waals surface area contributed by atoms with Crippen LogP contribution in [0.4, 0.5) is 5.00 Å². The highest BCUT2D eigenvalue weighted by Gasteiger charge is 2.28. The summed E-state index contributed by atoms with van der Waals surface area (Å²) in [5, 5.41) is 10.6. The predicted octanol–water partition coefficient (Wildman–Crippen LogP) is 2.38. The van der Waals surface area contributed by atoms with Crippen molar-refractivity contribution in [1.29, 1.82) is 0 Å². The summed E-state index contributed by atoms with van der Waals surface area (Å²) in [7, 11) is 0. The van der Waals surface area contributed by atoms with Crippen LogP contribution in [0.25, 0.3) is 0 Å². The van der Waals surface area contributed by atoms with Gasteiger partial charge in [-0.15, -0.1) is 11.3 Å². The summed E-state index contributed by atoms with van der Waals surface area (Å²) in [5.74, 6) is 0.952. The zero-order valence-corrected chi connectivity index (χ0v) is 17.9. The number of aliphatic imine (C=N–C) groups is 1. The highest BCUT2D eigenvalue weighted by atomic mass is 32.1. The number of hydrogen-bond donors (Lipinski definition) is 2. The molecule has 0 amide bonds. The minimum Gasteiger partial charge on any atom is -0.379 e. The Morgan fingerprint density at radius 3 is 2.63 bits per heavy atom. The first kappa shape index (κ1) is 20.4. The number of nitrogens with zero attached hydrogens (tertiary/aromatic N) is 3. The summed E-state index contributed by atoms with van der Waals surface area (Å²) in [6, 6.07) is 4.85. The molecule has 6 nitrogen and oxygen atoms in total. The van der Waals surface area contributed by atoms with Crippen molar-refractivity contribution >= 4 is 22.3 Å². The van der Waals surface area contributed by atoms with Crippen LogP contribution in [0.3, 0.4) is 0 Å². The fraction of sp³-hybridized carbons (Fsp3) is 0.750. The smallest absolute Gasteiger partial charge is 0.191 e. The summed E-state index contributed by atoms with van der Waals surface area (Å²) >= 11 is 1.83. The molecule has 0 unspecified atom stereocenters. The molecule has 27 heavy (non-hydrogen) atoms. The molecular weight excluding hydrogens is 358 g/mol. The lowest BCUT2D eigenvalue weighted by Crippen LogP contribution is -2.53. The van der Waals surface area contributed by atoms with E-state index in [-0.39, 0.29) is 5.54 Å². The van der Waals surface area contributed by atoms with Gasteiger partial charge in [0, 0.05) is 44.3 Å². The molecule has 0 radical (unpaired) electrons. The number of anilines is 1. The molecule has 0 bridgehead atoms. The normalized spacial score (nSPS) is 20.7. The highest BCUT2D eigenvalue weighted by Crippen LogP contribution is 2.24. The summed E-state index contributed by atoms with van der Waals surface area (Å²) < 4.78 is 5.49. The molecule has 1 aromatic heterocycles. The maximum absolute atomic E-state index is 5.49. The number of thiophene rings is 1. The van der Waals surface area contributed by atoms with E-state index in [9.17, 15) is 0 Å². The van der Waals surface area contributed by atoms with E-state index in [1.807, 2.05) is 11.3 Å². The monoisotopic (exact) mass is 393 g/mol. The Labute approximate surface area is 168 Å². The Balaban J connectivity index is 1.51. The fourth-order valence-electron chi connectivity index (χ4n) is 3.75. The Morgan fingerprint density at radius 2 is 2.00 bits per heavy atom. The average molecular weight is 394 g/mol. The standard InChI is InChI=1S/C20H35N5OS/c1-4-21-19(22-16-20(2,3)25-11-13-26-14-12-25)23-17-7-9-24(10-8-17)18-6-5-15-27-18/h5-6,15,17H,4,7-14,16H2,1-3H3,(H2,21,22,23). The molecule has 0 aromatic carbocycles. The first-order valence-corrected chi connectivity index (χ1v) is 11.1. The minimum absolute atomic E-state index is 0.0503. The molecule has 0 saturated carbocycles. The van der Waals surface area contributed by atoms with E-state index in [0.29, 0.717) is 6.04 Å². The molecule has 0 spiro atoms. The van der Waals surface area contributed by atoms with E-state index in [2.05, 4.69) is 58.7 Å². The second kappa shape index (κ2) is 9.75. The zero-order chi connectivity index (χ0) is 19.1. The van der Waals surface area contributed by atoms with Crippen LogP contribution in [-0.4, -0.2) is 74.9 Å². The van der Waals surface area contributed by atoms with Crippen molar-refractivity contribution in [1.82, 2.24) is 15.5 Å². The van der Waals surface area contributed by atoms with Gasteiger partial charge < -0.3 is 20.3 Å². The van der Waals surface area contributed by atoms with E-state index in [1.165, 1.54) is 5.00 Å². The van der Waals surface area contributed by atoms with Crippen LogP contribution in [0.5, 0.6) is 0 Å². The lowest BCUT2D eigenvalue weighted by atomic mass is 10.0. The van der Waals surface area contributed by atoms with Gasteiger partial charge in [-0.25, -0.2) is 0 Å². The zero-order valence-electron chi connectivity index (χ0n) is 17.0. The Kier molecular flexibility index (Phi) is 7.38. The number of nitrogens with one attached hydrogen (secondary N) is 2. The maximum atomic E-state index is 5.49. The minimum atomic E-state index is 0.0503. The second-order valence-corrected chi connectivity index (χ2v) is 8.89. The number of piperidine rings is 1. The van der Waals surface area contributed by atoms with Crippen molar-refractivity contribution in [3.63, 3.8) is 0 Å². The van der Waals surface area contributed by atoms with Crippen molar-refractivity contribution in [3.05, 3.63) is 17.5 Å². The number of hydrogen-bond acceptors (Lipinski definition) is 5. The van der Waals surface area contributed by atoms with Crippen molar-refractivity contribution in [2.24, 2.45) is 4.99 Å². The van der Waals surface area contributed by atoms with Gasteiger partial charge in [0.15, 0.2) is 5.96 Å². The Bertz CT molecular complexity index is 575. The molecule has 1 aromatic rings. The lowest BCUT2D eigenvalue weighted by molar-refractivity contribution is -0.00684.